The van der Waals surface area contributed by atoms with Gasteiger partial charge in [0.2, 0.25) is 0 Å². The first kappa shape index (κ1) is 22.7. The molecule has 0 amide bonds. The predicted octanol–water partition coefficient (Wildman–Crippen LogP) is 6.79. The summed E-state index contributed by atoms with van der Waals surface area (Å²) in [5, 5.41) is 11.5. The minimum absolute atomic E-state index is 0.160. The summed E-state index contributed by atoms with van der Waals surface area (Å²) in [5.41, 5.74) is 6.79. The molecule has 184 valence electrons. The summed E-state index contributed by atoms with van der Waals surface area (Å²) < 4.78 is 12.9. The molecule has 5 aromatic carbocycles. The molecule has 0 unspecified atom stereocenters. The maximum atomic E-state index is 11.5. The van der Waals surface area contributed by atoms with Crippen molar-refractivity contribution in [3.63, 3.8) is 0 Å². The van der Waals surface area contributed by atoms with Gasteiger partial charge in [0, 0.05) is 23.0 Å². The Labute approximate surface area is 222 Å². The second kappa shape index (κ2) is 8.54. The van der Waals surface area contributed by atoms with Crippen molar-refractivity contribution in [3.05, 3.63) is 126 Å². The van der Waals surface area contributed by atoms with E-state index in [2.05, 4.69) is 67.3 Å². The summed E-state index contributed by atoms with van der Waals surface area (Å²) in [6, 6.07) is 38.4. The van der Waals surface area contributed by atoms with E-state index in [4.69, 9.17) is 9.47 Å². The Bertz CT molecular complexity index is 1630. The van der Waals surface area contributed by atoms with Gasteiger partial charge >= 0.3 is 6.92 Å². The van der Waals surface area contributed by atoms with Crippen LogP contribution in [0.2, 0.25) is 0 Å². The van der Waals surface area contributed by atoms with E-state index in [1.54, 1.807) is 0 Å². The Hall–Kier alpha value is -4.48. The fourth-order valence-electron chi connectivity index (χ4n) is 5.79. The van der Waals surface area contributed by atoms with Crippen molar-refractivity contribution in [2.45, 2.75) is 19.3 Å². The van der Waals surface area contributed by atoms with Crippen molar-refractivity contribution in [2.24, 2.45) is 0 Å². The van der Waals surface area contributed by atoms with Crippen LogP contribution in [-0.4, -0.2) is 11.9 Å². The smallest absolute Gasteiger partial charge is 0.370 e. The van der Waals surface area contributed by atoms with Crippen molar-refractivity contribution < 1.29 is 14.5 Å². The third kappa shape index (κ3) is 3.43. The van der Waals surface area contributed by atoms with Gasteiger partial charge in [0.1, 0.15) is 23.0 Å². The van der Waals surface area contributed by atoms with Gasteiger partial charge in [-0.25, -0.2) is 0 Å². The summed E-state index contributed by atoms with van der Waals surface area (Å²) >= 11 is 0. The first-order chi connectivity index (χ1) is 18.5. The van der Waals surface area contributed by atoms with Crippen LogP contribution in [-0.2, 0) is 5.41 Å². The first-order valence-corrected chi connectivity index (χ1v) is 12.9. The maximum absolute atomic E-state index is 11.5. The van der Waals surface area contributed by atoms with Crippen LogP contribution in [0, 0.1) is 0 Å². The van der Waals surface area contributed by atoms with Crippen molar-refractivity contribution >= 4 is 34.9 Å². The second-order valence-corrected chi connectivity index (χ2v) is 10.3. The number of anilines is 3. The summed E-state index contributed by atoms with van der Waals surface area (Å²) in [5.74, 6) is 2.49. The Balaban J connectivity index is 1.47. The normalized spacial score (nSPS) is 14.5. The highest BCUT2D eigenvalue weighted by molar-refractivity contribution is 6.81. The highest BCUT2D eigenvalue weighted by Crippen LogP contribution is 2.52. The highest BCUT2D eigenvalue weighted by Gasteiger charge is 2.39. The monoisotopic (exact) mass is 495 g/mol. The molecule has 7 rings (SSSR count). The molecule has 0 atom stereocenters. The van der Waals surface area contributed by atoms with E-state index in [0.717, 1.165) is 22.5 Å². The molecule has 0 aromatic heterocycles. The lowest BCUT2D eigenvalue weighted by Gasteiger charge is -2.42. The zero-order valence-electron chi connectivity index (χ0n) is 21.3. The summed E-state index contributed by atoms with van der Waals surface area (Å²) in [6.45, 7) is 3.67. The maximum Gasteiger partial charge on any atom is 0.370 e. The Kier molecular flexibility index (Phi) is 5.10. The van der Waals surface area contributed by atoms with E-state index in [-0.39, 0.29) is 5.41 Å². The summed E-state index contributed by atoms with van der Waals surface area (Å²) in [7, 11) is 0. The van der Waals surface area contributed by atoms with Gasteiger partial charge in [-0.2, -0.15) is 0 Å². The van der Waals surface area contributed by atoms with Crippen LogP contribution in [0.1, 0.15) is 25.0 Å². The Morgan fingerprint density at radius 2 is 1.32 bits per heavy atom. The zero-order valence-corrected chi connectivity index (χ0v) is 21.3. The van der Waals surface area contributed by atoms with Crippen LogP contribution >= 0.6 is 0 Å². The van der Waals surface area contributed by atoms with E-state index >= 15 is 0 Å². The van der Waals surface area contributed by atoms with Crippen molar-refractivity contribution in [1.82, 2.24) is 0 Å². The van der Waals surface area contributed by atoms with Gasteiger partial charge in [-0.1, -0.05) is 86.6 Å². The molecular weight excluding hydrogens is 469 g/mol. The Morgan fingerprint density at radius 1 is 0.711 bits per heavy atom. The molecule has 4 nitrogen and oxygen atoms in total. The first-order valence-electron chi connectivity index (χ1n) is 12.9. The van der Waals surface area contributed by atoms with E-state index in [9.17, 15) is 5.02 Å². The van der Waals surface area contributed by atoms with Crippen molar-refractivity contribution in [1.29, 1.82) is 0 Å². The number of hydrogen-bond acceptors (Lipinski definition) is 4. The molecule has 5 aromatic rings. The summed E-state index contributed by atoms with van der Waals surface area (Å²) in [6.07, 6.45) is 0. The van der Waals surface area contributed by atoms with Crippen LogP contribution in [0.5, 0.6) is 23.0 Å². The number of rotatable bonds is 3. The standard InChI is InChI=1S/C33H26BNO3/c1-33(2)24-14-6-9-17-27(24)35(28-18-10-7-15-25(28)33)22-20-30(37-23-12-4-3-5-13-23)32-31(21-22)38-29-19-11-8-16-26(29)34(32)36/h3-21,36H,1-2H3. The van der Waals surface area contributed by atoms with Crippen molar-refractivity contribution in [2.75, 3.05) is 4.90 Å². The number of ether oxygens (including phenoxy) is 2. The minimum atomic E-state index is -0.873. The molecule has 0 saturated carbocycles. The number of nitrogens with zero attached hydrogens (tertiary/aromatic N) is 1. The number of benzene rings is 5. The molecule has 0 fully saturated rings. The van der Waals surface area contributed by atoms with Gasteiger partial charge < -0.3 is 19.4 Å². The molecule has 2 heterocycles. The third-order valence-electron chi connectivity index (χ3n) is 7.66. The van der Waals surface area contributed by atoms with Crippen LogP contribution in [0.15, 0.2) is 115 Å². The average molecular weight is 495 g/mol. The lowest BCUT2D eigenvalue weighted by atomic mass is 9.54. The largest absolute Gasteiger partial charge is 0.458 e. The second-order valence-electron chi connectivity index (χ2n) is 10.3. The molecule has 0 radical (unpaired) electrons. The van der Waals surface area contributed by atoms with Crippen LogP contribution < -0.4 is 25.3 Å². The van der Waals surface area contributed by atoms with E-state index in [1.807, 2.05) is 66.7 Å². The van der Waals surface area contributed by atoms with Gasteiger partial charge in [0.05, 0.1) is 17.1 Å². The SMILES string of the molecule is CC1(C)c2ccccc2N(c2cc(Oc3ccccc3)c3c(c2)Oc2ccccc2B3O)c2ccccc21. The lowest BCUT2D eigenvalue weighted by molar-refractivity contribution is 0.460. The molecule has 2 aliphatic rings. The highest BCUT2D eigenvalue weighted by atomic mass is 16.5. The quantitative estimate of drug-likeness (QED) is 0.280. The minimum Gasteiger partial charge on any atom is -0.458 e. The van der Waals surface area contributed by atoms with Gasteiger partial charge in [0.15, 0.2) is 0 Å². The zero-order chi connectivity index (χ0) is 25.9. The molecule has 1 N–H and O–H groups in total. The molecule has 5 heteroatoms. The van der Waals surface area contributed by atoms with Crippen LogP contribution in [0.25, 0.3) is 0 Å². The molecular formula is C33H26BNO3. The average Bonchev–Trinajstić information content (AvgIpc) is 2.94. The Morgan fingerprint density at radius 3 is 2.03 bits per heavy atom. The van der Waals surface area contributed by atoms with Gasteiger partial charge in [0.25, 0.3) is 0 Å². The van der Waals surface area contributed by atoms with Gasteiger partial charge in [-0.15, -0.1) is 0 Å². The van der Waals surface area contributed by atoms with E-state index in [1.165, 1.54) is 11.1 Å². The number of para-hydroxylation sites is 4. The number of fused-ring (bicyclic) bond motifs is 4. The van der Waals surface area contributed by atoms with Crippen LogP contribution in [0.4, 0.5) is 17.1 Å². The van der Waals surface area contributed by atoms with Gasteiger partial charge in [-0.05, 0) is 46.9 Å². The molecule has 0 saturated heterocycles. The lowest BCUT2D eigenvalue weighted by Crippen LogP contribution is -2.47. The number of hydrogen-bond donors (Lipinski definition) is 1. The van der Waals surface area contributed by atoms with E-state index in [0.29, 0.717) is 28.5 Å². The summed E-state index contributed by atoms with van der Waals surface area (Å²) in [4.78, 5) is 2.27. The topological polar surface area (TPSA) is 41.9 Å². The fourth-order valence-corrected chi connectivity index (χ4v) is 5.79. The molecule has 0 bridgehead atoms. The molecule has 38 heavy (non-hydrogen) atoms. The fraction of sp³-hybridized carbons (Fsp3) is 0.0909. The molecule has 0 spiro atoms. The van der Waals surface area contributed by atoms with E-state index < -0.39 is 6.92 Å². The third-order valence-corrected chi connectivity index (χ3v) is 7.66. The molecule has 2 aliphatic heterocycles. The van der Waals surface area contributed by atoms with Crippen LogP contribution in [0.3, 0.4) is 0 Å². The predicted molar refractivity (Wildman–Crippen MR) is 154 cm³/mol. The van der Waals surface area contributed by atoms with Gasteiger partial charge in [-0.3, -0.25) is 0 Å². The van der Waals surface area contributed by atoms with Crippen molar-refractivity contribution in [3.8, 4) is 23.0 Å². The molecule has 0 aliphatic carbocycles.